The molecule has 1 aromatic rings. The zero-order chi connectivity index (χ0) is 17.5. The van der Waals surface area contributed by atoms with Gasteiger partial charge in [0.2, 0.25) is 11.8 Å². The van der Waals surface area contributed by atoms with Crippen molar-refractivity contribution < 1.29 is 22.8 Å². The second-order valence-corrected chi connectivity index (χ2v) is 6.73. The minimum atomic E-state index is -1.64. The predicted octanol–water partition coefficient (Wildman–Crippen LogP) is 3.08. The van der Waals surface area contributed by atoms with Crippen molar-refractivity contribution in [3.05, 3.63) is 29.6 Å². The van der Waals surface area contributed by atoms with Crippen molar-refractivity contribution in [2.45, 2.75) is 32.6 Å². The van der Waals surface area contributed by atoms with E-state index in [1.807, 2.05) is 0 Å². The summed E-state index contributed by atoms with van der Waals surface area (Å²) in [4.78, 5) is 26.8. The molecule has 0 unspecified atom stereocenters. The highest BCUT2D eigenvalue weighted by atomic mass is 19.2. The standard InChI is InChI=1S/C17H19F3N2O2/c1-10-4-8-22(9-5-10)16(24)17(6-7-17)15(23)21-12-3-2-11(18)13(19)14(12)20/h2-3,10H,4-9H2,1H3,(H,21,23). The van der Waals surface area contributed by atoms with Gasteiger partial charge in [0.25, 0.3) is 0 Å². The van der Waals surface area contributed by atoms with Crippen LogP contribution in [0.15, 0.2) is 12.1 Å². The van der Waals surface area contributed by atoms with Crippen LogP contribution >= 0.6 is 0 Å². The zero-order valence-corrected chi connectivity index (χ0v) is 13.4. The van der Waals surface area contributed by atoms with Gasteiger partial charge in [-0.3, -0.25) is 9.59 Å². The fourth-order valence-electron chi connectivity index (χ4n) is 3.04. The predicted molar refractivity (Wildman–Crippen MR) is 81.6 cm³/mol. The molecule has 1 saturated heterocycles. The topological polar surface area (TPSA) is 49.4 Å². The summed E-state index contributed by atoms with van der Waals surface area (Å²) < 4.78 is 39.9. The van der Waals surface area contributed by atoms with Crippen LogP contribution in [0.2, 0.25) is 0 Å². The Kier molecular flexibility index (Phi) is 4.27. The first kappa shape index (κ1) is 16.8. The molecule has 1 aromatic carbocycles. The number of piperidine rings is 1. The molecule has 2 amide bonds. The van der Waals surface area contributed by atoms with Gasteiger partial charge in [-0.2, -0.15) is 0 Å². The number of amides is 2. The molecule has 1 heterocycles. The molecule has 0 spiro atoms. The van der Waals surface area contributed by atoms with Gasteiger partial charge >= 0.3 is 0 Å². The Bertz CT molecular complexity index is 681. The molecule has 2 aliphatic rings. The lowest BCUT2D eigenvalue weighted by Gasteiger charge is -2.32. The second kappa shape index (κ2) is 6.11. The van der Waals surface area contributed by atoms with Gasteiger partial charge < -0.3 is 10.2 Å². The SMILES string of the molecule is CC1CCN(C(=O)C2(C(=O)Nc3ccc(F)c(F)c3F)CC2)CC1. The molecule has 0 aromatic heterocycles. The van der Waals surface area contributed by atoms with Crippen LogP contribution in [0.4, 0.5) is 18.9 Å². The quantitative estimate of drug-likeness (QED) is 0.679. The molecule has 130 valence electrons. The summed E-state index contributed by atoms with van der Waals surface area (Å²) in [7, 11) is 0. The van der Waals surface area contributed by atoms with Gasteiger partial charge in [0.15, 0.2) is 17.5 Å². The summed E-state index contributed by atoms with van der Waals surface area (Å²) in [5, 5.41) is 2.24. The van der Waals surface area contributed by atoms with Gasteiger partial charge in [-0.05, 0) is 43.7 Å². The molecule has 1 N–H and O–H groups in total. The Morgan fingerprint density at radius 1 is 1.12 bits per heavy atom. The number of carbonyl (C=O) groups is 2. The van der Waals surface area contributed by atoms with Crippen LogP contribution in [0.5, 0.6) is 0 Å². The van der Waals surface area contributed by atoms with Crippen molar-refractivity contribution in [2.24, 2.45) is 11.3 Å². The first-order valence-corrected chi connectivity index (χ1v) is 8.09. The van der Waals surface area contributed by atoms with Gasteiger partial charge in [0.1, 0.15) is 5.41 Å². The fourth-order valence-corrected chi connectivity index (χ4v) is 3.04. The molecular weight excluding hydrogens is 321 g/mol. The van der Waals surface area contributed by atoms with Crippen LogP contribution in [0.3, 0.4) is 0 Å². The molecule has 0 atom stereocenters. The van der Waals surface area contributed by atoms with Crippen LogP contribution in [-0.2, 0) is 9.59 Å². The number of nitrogens with zero attached hydrogens (tertiary/aromatic N) is 1. The smallest absolute Gasteiger partial charge is 0.240 e. The van der Waals surface area contributed by atoms with E-state index in [1.165, 1.54) is 0 Å². The number of benzene rings is 1. The van der Waals surface area contributed by atoms with E-state index in [1.54, 1.807) is 4.90 Å². The minimum Gasteiger partial charge on any atom is -0.342 e. The summed E-state index contributed by atoms with van der Waals surface area (Å²) in [6.45, 7) is 3.33. The molecule has 0 radical (unpaired) electrons. The third-order valence-electron chi connectivity index (χ3n) is 4.95. The van der Waals surface area contributed by atoms with Crippen LogP contribution < -0.4 is 5.32 Å². The number of likely N-dealkylation sites (tertiary alicyclic amines) is 1. The largest absolute Gasteiger partial charge is 0.342 e. The van der Waals surface area contributed by atoms with E-state index in [2.05, 4.69) is 12.2 Å². The normalized spacial score (nSPS) is 19.9. The maximum absolute atomic E-state index is 13.7. The summed E-state index contributed by atoms with van der Waals surface area (Å²) in [5.41, 5.74) is -1.65. The lowest BCUT2D eigenvalue weighted by Crippen LogP contribution is -2.46. The third kappa shape index (κ3) is 2.87. The number of hydrogen-bond acceptors (Lipinski definition) is 2. The molecule has 1 saturated carbocycles. The number of anilines is 1. The zero-order valence-electron chi connectivity index (χ0n) is 13.4. The number of rotatable bonds is 3. The summed E-state index contributed by atoms with van der Waals surface area (Å²) in [6.07, 6.45) is 2.55. The Morgan fingerprint density at radius 3 is 2.33 bits per heavy atom. The molecule has 7 heteroatoms. The Hall–Kier alpha value is -2.05. The molecular formula is C17H19F3N2O2. The second-order valence-electron chi connectivity index (χ2n) is 6.73. The molecule has 3 rings (SSSR count). The molecule has 4 nitrogen and oxygen atoms in total. The lowest BCUT2D eigenvalue weighted by molar-refractivity contribution is -0.143. The highest BCUT2D eigenvalue weighted by molar-refractivity contribution is 6.13. The maximum atomic E-state index is 13.7. The van der Waals surface area contributed by atoms with E-state index in [-0.39, 0.29) is 5.91 Å². The van der Waals surface area contributed by atoms with Crippen molar-refractivity contribution >= 4 is 17.5 Å². The number of hydrogen-bond donors (Lipinski definition) is 1. The number of halogens is 3. The summed E-state index contributed by atoms with van der Waals surface area (Å²) in [5.74, 6) is -4.79. The van der Waals surface area contributed by atoms with E-state index < -0.39 is 34.5 Å². The van der Waals surface area contributed by atoms with E-state index in [4.69, 9.17) is 0 Å². The fraction of sp³-hybridized carbons (Fsp3) is 0.529. The highest BCUT2D eigenvalue weighted by Gasteiger charge is 2.58. The Labute approximate surface area is 138 Å². The van der Waals surface area contributed by atoms with Crippen molar-refractivity contribution in [1.29, 1.82) is 0 Å². The first-order chi connectivity index (χ1) is 11.3. The molecule has 0 bridgehead atoms. The van der Waals surface area contributed by atoms with Crippen molar-refractivity contribution in [3.63, 3.8) is 0 Å². The average molecular weight is 340 g/mol. The van der Waals surface area contributed by atoms with Gasteiger partial charge in [0.05, 0.1) is 5.69 Å². The van der Waals surface area contributed by atoms with Crippen LogP contribution in [0.1, 0.15) is 32.6 Å². The highest BCUT2D eigenvalue weighted by Crippen LogP contribution is 2.48. The van der Waals surface area contributed by atoms with E-state index >= 15 is 0 Å². The van der Waals surface area contributed by atoms with Crippen molar-refractivity contribution in [2.75, 3.05) is 18.4 Å². The van der Waals surface area contributed by atoms with Gasteiger partial charge in [-0.1, -0.05) is 6.92 Å². The van der Waals surface area contributed by atoms with Gasteiger partial charge in [0, 0.05) is 13.1 Å². The monoisotopic (exact) mass is 340 g/mol. The molecule has 24 heavy (non-hydrogen) atoms. The minimum absolute atomic E-state index is 0.255. The van der Waals surface area contributed by atoms with Crippen molar-refractivity contribution in [3.8, 4) is 0 Å². The van der Waals surface area contributed by atoms with Crippen molar-refractivity contribution in [1.82, 2.24) is 4.90 Å². The Balaban J connectivity index is 1.73. The average Bonchev–Trinajstić information content (AvgIpc) is 3.37. The Morgan fingerprint density at radius 2 is 1.75 bits per heavy atom. The number of nitrogens with one attached hydrogen (secondary N) is 1. The first-order valence-electron chi connectivity index (χ1n) is 8.09. The lowest BCUT2D eigenvalue weighted by atomic mass is 9.96. The maximum Gasteiger partial charge on any atom is 0.240 e. The number of carbonyl (C=O) groups excluding carboxylic acids is 2. The van der Waals surface area contributed by atoms with Crippen LogP contribution in [0, 0.1) is 28.8 Å². The van der Waals surface area contributed by atoms with E-state index in [9.17, 15) is 22.8 Å². The molecule has 1 aliphatic carbocycles. The molecule has 1 aliphatic heterocycles. The summed E-state index contributed by atoms with van der Waals surface area (Å²) in [6, 6.07) is 1.69. The van der Waals surface area contributed by atoms with E-state index in [0.29, 0.717) is 31.8 Å². The summed E-state index contributed by atoms with van der Waals surface area (Å²) >= 11 is 0. The van der Waals surface area contributed by atoms with Gasteiger partial charge in [-0.15, -0.1) is 0 Å². The van der Waals surface area contributed by atoms with E-state index in [0.717, 1.165) is 25.0 Å². The molecule has 2 fully saturated rings. The van der Waals surface area contributed by atoms with Crippen LogP contribution in [0.25, 0.3) is 0 Å². The third-order valence-corrected chi connectivity index (χ3v) is 4.95. The van der Waals surface area contributed by atoms with Gasteiger partial charge in [-0.25, -0.2) is 13.2 Å². The van der Waals surface area contributed by atoms with Crippen LogP contribution in [-0.4, -0.2) is 29.8 Å².